The third-order valence-corrected chi connectivity index (χ3v) is 3.53. The Morgan fingerprint density at radius 2 is 1.94 bits per heavy atom. The summed E-state index contributed by atoms with van der Waals surface area (Å²) < 4.78 is 2.16. The highest BCUT2D eigenvalue weighted by atomic mass is 16.4. The maximum absolute atomic E-state index is 11.1. The second-order valence-electron chi connectivity index (χ2n) is 4.44. The molecule has 0 radical (unpaired) electrons. The van der Waals surface area contributed by atoms with Crippen molar-refractivity contribution in [3.8, 4) is 0 Å². The lowest BCUT2D eigenvalue weighted by Gasteiger charge is -2.06. The monoisotopic (exact) mass is 231 g/mol. The van der Waals surface area contributed by atoms with Gasteiger partial charge >= 0.3 is 5.97 Å². The van der Waals surface area contributed by atoms with Gasteiger partial charge in [0.25, 0.3) is 0 Å². The van der Waals surface area contributed by atoms with Crippen molar-refractivity contribution in [2.24, 2.45) is 0 Å². The van der Waals surface area contributed by atoms with Crippen molar-refractivity contribution in [2.75, 3.05) is 0 Å². The van der Waals surface area contributed by atoms with Crippen LogP contribution >= 0.6 is 0 Å². The van der Waals surface area contributed by atoms with E-state index in [2.05, 4.69) is 25.3 Å². The predicted octanol–water partition coefficient (Wildman–Crippen LogP) is 3.28. The van der Waals surface area contributed by atoms with E-state index in [-0.39, 0.29) is 0 Å². The molecule has 2 aromatic rings. The highest BCUT2D eigenvalue weighted by molar-refractivity contribution is 5.96. The van der Waals surface area contributed by atoms with E-state index in [1.165, 1.54) is 11.3 Å². The average molecular weight is 231 g/mol. The van der Waals surface area contributed by atoms with Crippen molar-refractivity contribution in [3.05, 3.63) is 34.5 Å². The summed E-state index contributed by atoms with van der Waals surface area (Å²) in [7, 11) is 0. The van der Waals surface area contributed by atoms with Crippen LogP contribution in [0.2, 0.25) is 0 Å². The number of fused-ring (bicyclic) bond motifs is 1. The lowest BCUT2D eigenvalue weighted by atomic mass is 10.0. The summed E-state index contributed by atoms with van der Waals surface area (Å²) in [5.41, 5.74) is 4.68. The molecule has 1 aromatic carbocycles. The van der Waals surface area contributed by atoms with Gasteiger partial charge in [0.2, 0.25) is 0 Å². The zero-order valence-electron chi connectivity index (χ0n) is 10.7. The van der Waals surface area contributed by atoms with Gasteiger partial charge in [0.1, 0.15) is 0 Å². The molecule has 0 aliphatic heterocycles. The molecule has 2 rings (SSSR count). The molecular formula is C14H17NO2. The molecule has 0 bridgehead atoms. The maximum atomic E-state index is 11.1. The first-order chi connectivity index (χ1) is 7.97. The van der Waals surface area contributed by atoms with Gasteiger partial charge < -0.3 is 9.67 Å². The first kappa shape index (κ1) is 11.7. The van der Waals surface area contributed by atoms with Crippen LogP contribution in [0.5, 0.6) is 0 Å². The van der Waals surface area contributed by atoms with Gasteiger partial charge in [-0.15, -0.1) is 0 Å². The minimum Gasteiger partial charge on any atom is -0.478 e. The third-order valence-electron chi connectivity index (χ3n) is 3.53. The molecule has 0 spiro atoms. The number of hydrogen-bond donors (Lipinski definition) is 1. The Morgan fingerprint density at radius 3 is 2.47 bits per heavy atom. The maximum Gasteiger partial charge on any atom is 0.336 e. The van der Waals surface area contributed by atoms with Crippen LogP contribution in [0.4, 0.5) is 0 Å². The van der Waals surface area contributed by atoms with Gasteiger partial charge in [-0.25, -0.2) is 4.79 Å². The SMILES string of the molecule is CCn1c(C)c(C)c2cc(C)c(C(=O)O)cc21. The number of rotatable bonds is 2. The highest BCUT2D eigenvalue weighted by Gasteiger charge is 2.14. The van der Waals surface area contributed by atoms with Crippen LogP contribution in [-0.2, 0) is 6.54 Å². The Balaban J connectivity index is 2.89. The molecule has 1 heterocycles. The molecule has 0 aliphatic carbocycles. The first-order valence-electron chi connectivity index (χ1n) is 5.80. The van der Waals surface area contributed by atoms with Crippen LogP contribution in [-0.4, -0.2) is 15.6 Å². The van der Waals surface area contributed by atoms with E-state index in [9.17, 15) is 4.79 Å². The summed E-state index contributed by atoms with van der Waals surface area (Å²) in [5, 5.41) is 10.3. The fraction of sp³-hybridized carbons (Fsp3) is 0.357. The van der Waals surface area contributed by atoms with Crippen molar-refractivity contribution in [3.63, 3.8) is 0 Å². The first-order valence-corrected chi connectivity index (χ1v) is 5.80. The van der Waals surface area contributed by atoms with Crippen LogP contribution in [0.3, 0.4) is 0 Å². The van der Waals surface area contributed by atoms with Gasteiger partial charge in [0.05, 0.1) is 5.56 Å². The number of carbonyl (C=O) groups is 1. The summed E-state index contributed by atoms with van der Waals surface area (Å²) in [6, 6.07) is 3.77. The Hall–Kier alpha value is -1.77. The Kier molecular flexibility index (Phi) is 2.69. The quantitative estimate of drug-likeness (QED) is 0.861. The van der Waals surface area contributed by atoms with Gasteiger partial charge in [-0.2, -0.15) is 0 Å². The second kappa shape index (κ2) is 3.91. The molecule has 0 unspecified atom stereocenters. The molecule has 0 amide bonds. The number of carboxylic acid groups (broad SMARTS) is 1. The van der Waals surface area contributed by atoms with Crippen LogP contribution < -0.4 is 0 Å². The number of aromatic nitrogens is 1. The molecule has 0 saturated carbocycles. The predicted molar refractivity (Wildman–Crippen MR) is 68.8 cm³/mol. The summed E-state index contributed by atoms with van der Waals surface area (Å²) in [6.45, 7) is 8.95. The van der Waals surface area contributed by atoms with E-state index < -0.39 is 5.97 Å². The normalized spacial score (nSPS) is 11.1. The number of aryl methyl sites for hydroxylation is 3. The van der Waals surface area contributed by atoms with Crippen molar-refractivity contribution in [1.82, 2.24) is 4.57 Å². The van der Waals surface area contributed by atoms with Crippen molar-refractivity contribution >= 4 is 16.9 Å². The van der Waals surface area contributed by atoms with Crippen LogP contribution in [0.1, 0.15) is 34.1 Å². The average Bonchev–Trinajstić information content (AvgIpc) is 2.51. The number of aromatic carboxylic acids is 1. The Labute approximate surface area is 101 Å². The van der Waals surface area contributed by atoms with E-state index in [0.29, 0.717) is 5.56 Å². The molecule has 1 aromatic heterocycles. The van der Waals surface area contributed by atoms with Crippen LogP contribution in [0.25, 0.3) is 10.9 Å². The van der Waals surface area contributed by atoms with Gasteiger partial charge in [-0.1, -0.05) is 0 Å². The summed E-state index contributed by atoms with van der Waals surface area (Å²) in [4.78, 5) is 11.1. The molecule has 3 nitrogen and oxygen atoms in total. The standard InChI is InChI=1S/C14H17NO2/c1-5-15-10(4)9(3)12-6-8(2)11(14(16)17)7-13(12)15/h6-7H,5H2,1-4H3,(H,16,17). The molecule has 1 N–H and O–H groups in total. The smallest absolute Gasteiger partial charge is 0.336 e. The molecule has 0 saturated heterocycles. The molecule has 90 valence electrons. The molecule has 0 atom stereocenters. The number of benzene rings is 1. The highest BCUT2D eigenvalue weighted by Crippen LogP contribution is 2.28. The summed E-state index contributed by atoms with van der Waals surface area (Å²) in [6.07, 6.45) is 0. The van der Waals surface area contributed by atoms with Crippen molar-refractivity contribution < 1.29 is 9.90 Å². The summed E-state index contributed by atoms with van der Waals surface area (Å²) >= 11 is 0. The van der Waals surface area contributed by atoms with E-state index in [1.54, 1.807) is 6.07 Å². The zero-order chi connectivity index (χ0) is 12.7. The second-order valence-corrected chi connectivity index (χ2v) is 4.44. The molecule has 0 fully saturated rings. The van der Waals surface area contributed by atoms with Crippen LogP contribution in [0, 0.1) is 20.8 Å². The van der Waals surface area contributed by atoms with Crippen molar-refractivity contribution in [2.45, 2.75) is 34.2 Å². The Bertz CT molecular complexity index is 608. The molecular weight excluding hydrogens is 214 g/mol. The number of nitrogens with zero attached hydrogens (tertiary/aromatic N) is 1. The van der Waals surface area contributed by atoms with Gasteiger partial charge in [-0.05, 0) is 51.0 Å². The van der Waals surface area contributed by atoms with E-state index in [4.69, 9.17) is 5.11 Å². The fourth-order valence-electron chi connectivity index (χ4n) is 2.44. The van der Waals surface area contributed by atoms with E-state index in [1.807, 2.05) is 13.0 Å². The van der Waals surface area contributed by atoms with Crippen molar-refractivity contribution in [1.29, 1.82) is 0 Å². The molecule has 0 aliphatic rings. The van der Waals surface area contributed by atoms with Gasteiger partial charge in [0.15, 0.2) is 0 Å². The third kappa shape index (κ3) is 1.62. The zero-order valence-corrected chi connectivity index (χ0v) is 10.7. The topological polar surface area (TPSA) is 42.2 Å². The van der Waals surface area contributed by atoms with E-state index >= 15 is 0 Å². The lowest BCUT2D eigenvalue weighted by molar-refractivity contribution is 0.0696. The number of carboxylic acids is 1. The summed E-state index contributed by atoms with van der Waals surface area (Å²) in [5.74, 6) is -0.858. The minimum absolute atomic E-state index is 0.393. The lowest BCUT2D eigenvalue weighted by Crippen LogP contribution is -2.01. The van der Waals surface area contributed by atoms with Crippen LogP contribution in [0.15, 0.2) is 12.1 Å². The van der Waals surface area contributed by atoms with Gasteiger partial charge in [-0.3, -0.25) is 0 Å². The van der Waals surface area contributed by atoms with E-state index in [0.717, 1.165) is 23.0 Å². The number of hydrogen-bond acceptors (Lipinski definition) is 1. The Morgan fingerprint density at radius 1 is 1.29 bits per heavy atom. The largest absolute Gasteiger partial charge is 0.478 e. The van der Waals surface area contributed by atoms with Gasteiger partial charge in [0, 0.05) is 23.1 Å². The molecule has 17 heavy (non-hydrogen) atoms. The minimum atomic E-state index is -0.858. The molecule has 3 heteroatoms. The fourth-order valence-corrected chi connectivity index (χ4v) is 2.44.